The van der Waals surface area contributed by atoms with Crippen LogP contribution in [0.3, 0.4) is 0 Å². The van der Waals surface area contributed by atoms with E-state index in [-0.39, 0.29) is 6.79 Å². The highest BCUT2D eigenvalue weighted by Crippen LogP contribution is 2.09. The van der Waals surface area contributed by atoms with E-state index in [4.69, 9.17) is 9.84 Å². The van der Waals surface area contributed by atoms with E-state index in [1.807, 2.05) is 0 Å². The van der Waals surface area contributed by atoms with Gasteiger partial charge in [-0.25, -0.2) is 0 Å². The average molecular weight is 202 g/mol. The molecule has 0 radical (unpaired) electrons. The second-order valence-corrected chi connectivity index (χ2v) is 3.87. The Balaban J connectivity index is 2.78. The summed E-state index contributed by atoms with van der Waals surface area (Å²) in [6.45, 7) is 2.84. The van der Waals surface area contributed by atoms with Crippen molar-refractivity contribution in [1.82, 2.24) is 0 Å². The lowest BCUT2D eigenvalue weighted by atomic mass is 10.1. The van der Waals surface area contributed by atoms with E-state index < -0.39 is 0 Å². The molecule has 0 spiro atoms. The summed E-state index contributed by atoms with van der Waals surface area (Å²) in [5.74, 6) is 0. The van der Waals surface area contributed by atoms with Crippen LogP contribution in [0.1, 0.15) is 64.7 Å². The summed E-state index contributed by atoms with van der Waals surface area (Å²) in [5.41, 5.74) is 0. The quantitative estimate of drug-likeness (QED) is 0.410. The molecule has 0 aliphatic rings. The largest absolute Gasteiger partial charge is 0.371 e. The first-order chi connectivity index (χ1) is 6.91. The van der Waals surface area contributed by atoms with E-state index in [1.165, 1.54) is 51.4 Å². The molecule has 0 atom stereocenters. The third kappa shape index (κ3) is 11.9. The van der Waals surface area contributed by atoms with Gasteiger partial charge in [0.15, 0.2) is 0 Å². The molecule has 0 aliphatic carbocycles. The van der Waals surface area contributed by atoms with Crippen molar-refractivity contribution in [2.45, 2.75) is 64.7 Å². The second kappa shape index (κ2) is 12.9. The van der Waals surface area contributed by atoms with Crippen LogP contribution in [-0.4, -0.2) is 18.5 Å². The van der Waals surface area contributed by atoms with E-state index >= 15 is 0 Å². The number of hydrogen-bond acceptors (Lipinski definition) is 2. The van der Waals surface area contributed by atoms with Gasteiger partial charge in [-0.3, -0.25) is 0 Å². The van der Waals surface area contributed by atoms with E-state index in [0.29, 0.717) is 6.61 Å². The summed E-state index contributed by atoms with van der Waals surface area (Å²) in [4.78, 5) is 0. The Morgan fingerprint density at radius 1 is 0.786 bits per heavy atom. The number of unbranched alkanes of at least 4 members (excludes halogenated alkanes) is 8. The predicted molar refractivity (Wildman–Crippen MR) is 60.3 cm³/mol. The fourth-order valence-corrected chi connectivity index (χ4v) is 1.58. The first-order valence-electron chi connectivity index (χ1n) is 6.10. The smallest absolute Gasteiger partial charge is 0.143 e. The second-order valence-electron chi connectivity index (χ2n) is 3.87. The maximum Gasteiger partial charge on any atom is 0.143 e. The van der Waals surface area contributed by atoms with Gasteiger partial charge in [0.1, 0.15) is 6.79 Å². The molecule has 2 heteroatoms. The van der Waals surface area contributed by atoms with Gasteiger partial charge in [0.25, 0.3) is 0 Å². The SMILES string of the molecule is CCCCCCCCCCCOCO. The van der Waals surface area contributed by atoms with Crippen LogP contribution in [0.25, 0.3) is 0 Å². The van der Waals surface area contributed by atoms with Crippen LogP contribution < -0.4 is 0 Å². The number of aliphatic hydroxyl groups excluding tert-OH is 1. The highest BCUT2D eigenvalue weighted by atomic mass is 16.6. The Morgan fingerprint density at radius 2 is 1.29 bits per heavy atom. The van der Waals surface area contributed by atoms with Crippen molar-refractivity contribution < 1.29 is 9.84 Å². The molecule has 0 amide bonds. The van der Waals surface area contributed by atoms with E-state index in [1.54, 1.807) is 0 Å². The molecule has 0 aromatic rings. The molecule has 0 saturated heterocycles. The number of ether oxygens (including phenoxy) is 1. The Morgan fingerprint density at radius 3 is 1.79 bits per heavy atom. The van der Waals surface area contributed by atoms with E-state index in [9.17, 15) is 0 Å². The predicted octanol–water partition coefficient (Wildman–Crippen LogP) is 3.48. The monoisotopic (exact) mass is 202 g/mol. The van der Waals surface area contributed by atoms with Crippen molar-refractivity contribution in [2.24, 2.45) is 0 Å². The molecule has 0 heterocycles. The molecule has 0 aromatic carbocycles. The summed E-state index contributed by atoms with van der Waals surface area (Å²) in [5, 5.41) is 8.37. The van der Waals surface area contributed by atoms with Crippen LogP contribution in [-0.2, 0) is 4.74 Å². The van der Waals surface area contributed by atoms with Crippen molar-refractivity contribution in [1.29, 1.82) is 0 Å². The Labute approximate surface area is 88.7 Å². The zero-order valence-corrected chi connectivity index (χ0v) is 9.63. The van der Waals surface area contributed by atoms with Crippen LogP contribution in [0, 0.1) is 0 Å². The van der Waals surface area contributed by atoms with Gasteiger partial charge < -0.3 is 9.84 Å². The maximum absolute atomic E-state index is 8.37. The van der Waals surface area contributed by atoms with Crippen molar-refractivity contribution in [2.75, 3.05) is 13.4 Å². The Kier molecular flexibility index (Phi) is 12.8. The molecule has 1 N–H and O–H groups in total. The highest BCUT2D eigenvalue weighted by molar-refractivity contribution is 4.46. The molecule has 0 unspecified atom stereocenters. The average Bonchev–Trinajstić information content (AvgIpc) is 2.21. The minimum Gasteiger partial charge on any atom is -0.371 e. The number of rotatable bonds is 11. The van der Waals surface area contributed by atoms with Crippen LogP contribution in [0.4, 0.5) is 0 Å². The molecule has 0 bridgehead atoms. The molecule has 0 aliphatic heterocycles. The van der Waals surface area contributed by atoms with Gasteiger partial charge in [-0.1, -0.05) is 58.3 Å². The molecular weight excluding hydrogens is 176 g/mol. The van der Waals surface area contributed by atoms with Crippen LogP contribution in [0.5, 0.6) is 0 Å². The number of aliphatic hydroxyl groups is 1. The third-order valence-electron chi connectivity index (χ3n) is 2.48. The molecule has 86 valence electrons. The standard InChI is InChI=1S/C12H26O2/c1-2-3-4-5-6-7-8-9-10-11-14-12-13/h13H,2-12H2,1H3. The van der Waals surface area contributed by atoms with Crippen molar-refractivity contribution in [3.05, 3.63) is 0 Å². The maximum atomic E-state index is 8.37. The van der Waals surface area contributed by atoms with Crippen LogP contribution >= 0.6 is 0 Å². The van der Waals surface area contributed by atoms with Gasteiger partial charge in [0.05, 0.1) is 0 Å². The summed E-state index contributed by atoms with van der Waals surface area (Å²) in [6.07, 6.45) is 11.9. The van der Waals surface area contributed by atoms with E-state index in [2.05, 4.69) is 6.92 Å². The van der Waals surface area contributed by atoms with Crippen molar-refractivity contribution in [3.63, 3.8) is 0 Å². The number of hydrogen-bond donors (Lipinski definition) is 1. The lowest BCUT2D eigenvalue weighted by molar-refractivity contribution is -0.00284. The minimum atomic E-state index is -0.128. The third-order valence-corrected chi connectivity index (χ3v) is 2.48. The van der Waals surface area contributed by atoms with Gasteiger partial charge >= 0.3 is 0 Å². The molecular formula is C12H26O2. The fourth-order valence-electron chi connectivity index (χ4n) is 1.58. The zero-order chi connectivity index (χ0) is 10.5. The highest BCUT2D eigenvalue weighted by Gasteiger charge is 1.91. The molecule has 0 aromatic heterocycles. The summed E-state index contributed by atoms with van der Waals surface area (Å²) < 4.78 is 4.85. The summed E-state index contributed by atoms with van der Waals surface area (Å²) in [7, 11) is 0. The summed E-state index contributed by atoms with van der Waals surface area (Å²) >= 11 is 0. The van der Waals surface area contributed by atoms with Gasteiger partial charge in [-0.2, -0.15) is 0 Å². The van der Waals surface area contributed by atoms with E-state index in [0.717, 1.165) is 6.42 Å². The summed E-state index contributed by atoms with van der Waals surface area (Å²) in [6, 6.07) is 0. The minimum absolute atomic E-state index is 0.128. The van der Waals surface area contributed by atoms with Crippen molar-refractivity contribution >= 4 is 0 Å². The van der Waals surface area contributed by atoms with Gasteiger partial charge in [-0.15, -0.1) is 0 Å². The molecule has 14 heavy (non-hydrogen) atoms. The fraction of sp³-hybridized carbons (Fsp3) is 1.00. The van der Waals surface area contributed by atoms with Crippen LogP contribution in [0.2, 0.25) is 0 Å². The van der Waals surface area contributed by atoms with Gasteiger partial charge in [-0.05, 0) is 6.42 Å². The zero-order valence-electron chi connectivity index (χ0n) is 9.63. The lowest BCUT2D eigenvalue weighted by Crippen LogP contribution is -1.94. The van der Waals surface area contributed by atoms with Gasteiger partial charge in [0, 0.05) is 6.61 Å². The molecule has 0 rings (SSSR count). The Bertz CT molecular complexity index is 82.3. The lowest BCUT2D eigenvalue weighted by Gasteiger charge is -2.01. The first-order valence-corrected chi connectivity index (χ1v) is 6.10. The normalized spacial score (nSPS) is 10.7. The topological polar surface area (TPSA) is 29.5 Å². The molecule has 0 saturated carbocycles. The Hall–Kier alpha value is -0.0800. The first kappa shape index (κ1) is 13.9. The molecule has 0 fully saturated rings. The van der Waals surface area contributed by atoms with Gasteiger partial charge in [0.2, 0.25) is 0 Å². The molecule has 2 nitrogen and oxygen atoms in total. The van der Waals surface area contributed by atoms with Crippen LogP contribution in [0.15, 0.2) is 0 Å². The van der Waals surface area contributed by atoms with Crippen molar-refractivity contribution in [3.8, 4) is 0 Å².